The summed E-state index contributed by atoms with van der Waals surface area (Å²) in [6.45, 7) is 0.564. The number of nitrogens with one attached hydrogen (secondary N) is 1. The summed E-state index contributed by atoms with van der Waals surface area (Å²) in [4.78, 5) is 44.8. The molecule has 1 saturated heterocycles. The van der Waals surface area contributed by atoms with E-state index in [0.29, 0.717) is 46.7 Å². The van der Waals surface area contributed by atoms with Crippen molar-refractivity contribution in [2.75, 3.05) is 16.3 Å². The minimum absolute atomic E-state index is 0.0118. The molecule has 6 rings (SSSR count). The van der Waals surface area contributed by atoms with E-state index in [1.54, 1.807) is 29.1 Å². The second-order valence-corrected chi connectivity index (χ2v) is 8.69. The number of amidine groups is 1. The molecule has 1 fully saturated rings. The fraction of sp³-hybridized carbons (Fsp3) is 0.217. The number of rotatable bonds is 3. The largest absolute Gasteiger partial charge is 0.345 e. The lowest BCUT2D eigenvalue weighted by molar-refractivity contribution is -0.117. The molecule has 0 bridgehead atoms. The summed E-state index contributed by atoms with van der Waals surface area (Å²) in [7, 11) is 0. The lowest BCUT2D eigenvalue weighted by atomic mass is 10.1. The molecule has 4 aromatic rings. The average molecular weight is 493 g/mol. The summed E-state index contributed by atoms with van der Waals surface area (Å²) in [6, 6.07) is 7.06. The molecule has 2 aliphatic heterocycles. The molecule has 176 valence electrons. The number of anilines is 2. The van der Waals surface area contributed by atoms with Gasteiger partial charge in [-0.3, -0.25) is 14.5 Å². The van der Waals surface area contributed by atoms with Crippen LogP contribution in [0.2, 0.25) is 5.02 Å². The van der Waals surface area contributed by atoms with Crippen LogP contribution in [0.4, 0.5) is 15.9 Å². The monoisotopic (exact) mass is 492 g/mol. The third-order valence-electron chi connectivity index (χ3n) is 6.24. The summed E-state index contributed by atoms with van der Waals surface area (Å²) >= 11 is 6.34. The van der Waals surface area contributed by atoms with Gasteiger partial charge >= 0.3 is 0 Å². The quantitative estimate of drug-likeness (QED) is 0.470. The van der Waals surface area contributed by atoms with Crippen molar-refractivity contribution in [1.82, 2.24) is 24.6 Å². The van der Waals surface area contributed by atoms with Crippen LogP contribution in [0.3, 0.4) is 0 Å². The first-order valence-electron chi connectivity index (χ1n) is 11.0. The highest BCUT2D eigenvalue weighted by atomic mass is 35.5. The number of carbonyl (C=O) groups is 1. The first kappa shape index (κ1) is 21.4. The van der Waals surface area contributed by atoms with Gasteiger partial charge in [0.2, 0.25) is 5.91 Å². The van der Waals surface area contributed by atoms with Gasteiger partial charge in [0.05, 0.1) is 35.2 Å². The number of nitrogens with zero attached hydrogens (tertiary/aromatic N) is 7. The standard InChI is InChI=1S/C23H18ClFN8O2/c24-15-6-8-32-17(15)10-18(34)33(14-4-1-3-13(25)9-14)21(30-32)16-5-2-7-31(16)22-19-20(26-11-28-22)27-12-29-23(19)35/h1,3-4,6,8-9,11-12,16H,2,5,7,10H2,(H,26,27,28,29,35). The van der Waals surface area contributed by atoms with E-state index >= 15 is 0 Å². The highest BCUT2D eigenvalue weighted by molar-refractivity contribution is 6.32. The molecule has 2 aliphatic rings. The Morgan fingerprint density at radius 2 is 2.03 bits per heavy atom. The van der Waals surface area contributed by atoms with Crippen molar-refractivity contribution in [1.29, 1.82) is 0 Å². The maximum Gasteiger partial charge on any atom is 0.285 e. The van der Waals surface area contributed by atoms with Gasteiger partial charge in [-0.15, -0.1) is 0 Å². The number of hydrogen-bond acceptors (Lipinski definition) is 7. The fourth-order valence-corrected chi connectivity index (χ4v) is 4.92. The summed E-state index contributed by atoms with van der Waals surface area (Å²) in [6.07, 6.45) is 5.73. The maximum absolute atomic E-state index is 14.2. The van der Waals surface area contributed by atoms with Crippen LogP contribution in [0, 0.1) is 5.82 Å². The van der Waals surface area contributed by atoms with Crippen LogP contribution in [0.1, 0.15) is 18.5 Å². The molecule has 0 aliphatic carbocycles. The third kappa shape index (κ3) is 3.55. The Balaban J connectivity index is 1.54. The van der Waals surface area contributed by atoms with Gasteiger partial charge in [0.15, 0.2) is 5.84 Å². The van der Waals surface area contributed by atoms with Crippen LogP contribution >= 0.6 is 11.6 Å². The molecule has 1 amide bonds. The van der Waals surface area contributed by atoms with E-state index in [1.165, 1.54) is 29.7 Å². The Hall–Kier alpha value is -4.12. The van der Waals surface area contributed by atoms with E-state index in [9.17, 15) is 14.0 Å². The van der Waals surface area contributed by atoms with Crippen molar-refractivity contribution in [3.8, 4) is 0 Å². The predicted octanol–water partition coefficient (Wildman–Crippen LogP) is 2.73. The molecule has 1 N–H and O–H groups in total. The van der Waals surface area contributed by atoms with E-state index in [0.717, 1.165) is 6.42 Å². The van der Waals surface area contributed by atoms with E-state index < -0.39 is 17.4 Å². The number of hydrogen-bond donors (Lipinski definition) is 1. The van der Waals surface area contributed by atoms with Crippen molar-refractivity contribution in [3.63, 3.8) is 0 Å². The number of halogens is 2. The Morgan fingerprint density at radius 3 is 2.89 bits per heavy atom. The average Bonchev–Trinajstić information content (AvgIpc) is 3.42. The van der Waals surface area contributed by atoms with Gasteiger partial charge in [0.25, 0.3) is 5.56 Å². The number of fused-ring (bicyclic) bond motifs is 2. The van der Waals surface area contributed by atoms with E-state index in [1.807, 2.05) is 4.90 Å². The maximum atomic E-state index is 14.2. The molecular formula is C23H18ClFN8O2. The van der Waals surface area contributed by atoms with Crippen LogP contribution in [-0.4, -0.2) is 48.9 Å². The molecule has 1 unspecified atom stereocenters. The van der Waals surface area contributed by atoms with Gasteiger partial charge < -0.3 is 9.88 Å². The lowest BCUT2D eigenvalue weighted by Gasteiger charge is -2.32. The molecule has 1 atom stereocenters. The van der Waals surface area contributed by atoms with Gasteiger partial charge in [0.1, 0.15) is 29.0 Å². The smallest absolute Gasteiger partial charge is 0.285 e. The SMILES string of the molecule is O=C1Cc2c(Cl)ccn2N=C(C2CCCN2c2ncnc3[nH]cnc(=O)c23)N1c1cccc(F)c1. The highest BCUT2D eigenvalue weighted by Gasteiger charge is 2.39. The number of amides is 1. The van der Waals surface area contributed by atoms with Gasteiger partial charge in [-0.2, -0.15) is 10.1 Å². The van der Waals surface area contributed by atoms with E-state index in [2.05, 4.69) is 19.9 Å². The van der Waals surface area contributed by atoms with Crippen molar-refractivity contribution < 1.29 is 9.18 Å². The molecule has 35 heavy (non-hydrogen) atoms. The first-order valence-corrected chi connectivity index (χ1v) is 11.4. The van der Waals surface area contributed by atoms with Crippen molar-refractivity contribution >= 4 is 45.9 Å². The Kier molecular flexibility index (Phi) is 5.06. The fourth-order valence-electron chi connectivity index (χ4n) is 4.71. The normalized spacial score (nSPS) is 18.1. The predicted molar refractivity (Wildman–Crippen MR) is 128 cm³/mol. The minimum atomic E-state index is -0.473. The summed E-state index contributed by atoms with van der Waals surface area (Å²) in [5, 5.41) is 5.48. The molecule has 5 heterocycles. The molecule has 0 radical (unpaired) electrons. The van der Waals surface area contributed by atoms with Crippen molar-refractivity contribution in [2.24, 2.45) is 5.10 Å². The van der Waals surface area contributed by atoms with Crippen LogP contribution < -0.4 is 15.4 Å². The lowest BCUT2D eigenvalue weighted by Crippen LogP contribution is -2.49. The summed E-state index contributed by atoms with van der Waals surface area (Å²) in [5.41, 5.74) is 0.807. The number of benzene rings is 1. The second kappa shape index (κ2) is 8.27. The molecule has 1 aromatic carbocycles. The van der Waals surface area contributed by atoms with Crippen LogP contribution in [0.5, 0.6) is 0 Å². The van der Waals surface area contributed by atoms with Crippen LogP contribution in [0.15, 0.2) is 59.1 Å². The van der Waals surface area contributed by atoms with Gasteiger partial charge in [-0.05, 0) is 37.1 Å². The summed E-state index contributed by atoms with van der Waals surface area (Å²) in [5.74, 6) is 0.0132. The highest BCUT2D eigenvalue weighted by Crippen LogP contribution is 2.32. The number of aromatic amines is 1. The summed E-state index contributed by atoms with van der Waals surface area (Å²) < 4.78 is 15.8. The molecular weight excluding hydrogens is 475 g/mol. The number of H-pyrrole nitrogens is 1. The molecule has 0 spiro atoms. The minimum Gasteiger partial charge on any atom is -0.345 e. The Labute approximate surface area is 202 Å². The molecule has 12 heteroatoms. The van der Waals surface area contributed by atoms with Gasteiger partial charge in [0, 0.05) is 12.7 Å². The van der Waals surface area contributed by atoms with Gasteiger partial charge in [-0.1, -0.05) is 17.7 Å². The topological polar surface area (TPSA) is 112 Å². The molecule has 10 nitrogen and oxygen atoms in total. The zero-order valence-electron chi connectivity index (χ0n) is 18.2. The van der Waals surface area contributed by atoms with E-state index in [-0.39, 0.29) is 17.7 Å². The molecule has 0 saturated carbocycles. The number of carbonyl (C=O) groups excluding carboxylic acids is 1. The van der Waals surface area contributed by atoms with Crippen LogP contribution in [-0.2, 0) is 11.2 Å². The van der Waals surface area contributed by atoms with Crippen LogP contribution in [0.25, 0.3) is 11.0 Å². The third-order valence-corrected chi connectivity index (χ3v) is 6.58. The zero-order valence-corrected chi connectivity index (χ0v) is 19.0. The van der Waals surface area contributed by atoms with E-state index in [4.69, 9.17) is 16.7 Å². The first-order chi connectivity index (χ1) is 17.0. The Morgan fingerprint density at radius 1 is 1.14 bits per heavy atom. The van der Waals surface area contributed by atoms with Crippen molar-refractivity contribution in [2.45, 2.75) is 25.3 Å². The second-order valence-electron chi connectivity index (χ2n) is 8.28. The Bertz CT molecular complexity index is 1560. The molecule has 3 aromatic heterocycles. The number of aromatic nitrogens is 5. The van der Waals surface area contributed by atoms with Gasteiger partial charge in [-0.25, -0.2) is 19.0 Å². The van der Waals surface area contributed by atoms with Crippen molar-refractivity contribution in [3.05, 3.63) is 76.1 Å². The zero-order chi connectivity index (χ0) is 24.1.